The standard InChI is InChI=1S/C13H20O/c1-5-8-13(4,14)12-7-6-10(2)11(3)9-12/h6-7,9,14H,5,8H2,1-4H3/t13-/m1/s1. The highest BCUT2D eigenvalue weighted by atomic mass is 16.3. The minimum absolute atomic E-state index is 0.673. The van der Waals surface area contributed by atoms with Crippen LogP contribution in [-0.2, 0) is 5.60 Å². The van der Waals surface area contributed by atoms with E-state index >= 15 is 0 Å². The minimum Gasteiger partial charge on any atom is -0.385 e. The third-order valence-electron chi connectivity index (χ3n) is 2.87. The normalized spacial score (nSPS) is 15.2. The zero-order valence-electron chi connectivity index (χ0n) is 9.59. The predicted octanol–water partition coefficient (Wildman–Crippen LogP) is 3.31. The number of rotatable bonds is 3. The predicted molar refractivity (Wildman–Crippen MR) is 60.4 cm³/mol. The molecular weight excluding hydrogens is 172 g/mol. The SMILES string of the molecule is CCC[C@@](C)(O)c1ccc(C)c(C)c1. The van der Waals surface area contributed by atoms with E-state index in [4.69, 9.17) is 0 Å². The van der Waals surface area contributed by atoms with E-state index in [1.807, 2.05) is 13.0 Å². The lowest BCUT2D eigenvalue weighted by atomic mass is 9.89. The topological polar surface area (TPSA) is 20.2 Å². The van der Waals surface area contributed by atoms with Gasteiger partial charge < -0.3 is 5.11 Å². The highest BCUT2D eigenvalue weighted by Crippen LogP contribution is 2.27. The van der Waals surface area contributed by atoms with Crippen molar-refractivity contribution in [1.82, 2.24) is 0 Å². The Morgan fingerprint density at radius 1 is 1.21 bits per heavy atom. The number of benzene rings is 1. The van der Waals surface area contributed by atoms with Crippen LogP contribution in [0.2, 0.25) is 0 Å². The minimum atomic E-state index is -0.673. The molecule has 0 saturated heterocycles. The molecule has 78 valence electrons. The lowest BCUT2D eigenvalue weighted by Gasteiger charge is -2.24. The van der Waals surface area contributed by atoms with Gasteiger partial charge in [-0.25, -0.2) is 0 Å². The highest BCUT2D eigenvalue weighted by Gasteiger charge is 2.21. The van der Waals surface area contributed by atoms with Crippen LogP contribution in [-0.4, -0.2) is 5.11 Å². The van der Waals surface area contributed by atoms with Crippen LogP contribution in [0.4, 0.5) is 0 Å². The first-order valence-corrected chi connectivity index (χ1v) is 5.27. The van der Waals surface area contributed by atoms with E-state index in [1.165, 1.54) is 11.1 Å². The molecule has 0 aliphatic carbocycles. The molecule has 0 saturated carbocycles. The lowest BCUT2D eigenvalue weighted by molar-refractivity contribution is 0.0469. The van der Waals surface area contributed by atoms with Gasteiger partial charge in [-0.15, -0.1) is 0 Å². The summed E-state index contributed by atoms with van der Waals surface area (Å²) in [4.78, 5) is 0. The summed E-state index contributed by atoms with van der Waals surface area (Å²) in [7, 11) is 0. The van der Waals surface area contributed by atoms with Gasteiger partial charge in [0, 0.05) is 0 Å². The Morgan fingerprint density at radius 3 is 2.36 bits per heavy atom. The molecular formula is C13H20O. The van der Waals surface area contributed by atoms with Gasteiger partial charge >= 0.3 is 0 Å². The van der Waals surface area contributed by atoms with Gasteiger partial charge in [0.05, 0.1) is 5.60 Å². The number of hydrogen-bond acceptors (Lipinski definition) is 1. The van der Waals surface area contributed by atoms with Gasteiger partial charge in [0.2, 0.25) is 0 Å². The average molecular weight is 192 g/mol. The molecule has 0 aromatic heterocycles. The molecule has 14 heavy (non-hydrogen) atoms. The fourth-order valence-electron chi connectivity index (χ4n) is 1.71. The maximum Gasteiger partial charge on any atom is 0.0868 e. The Bertz CT molecular complexity index is 313. The first kappa shape index (κ1) is 11.3. The van der Waals surface area contributed by atoms with Crippen molar-refractivity contribution in [3.05, 3.63) is 34.9 Å². The first-order valence-electron chi connectivity index (χ1n) is 5.27. The molecule has 1 rings (SSSR count). The van der Waals surface area contributed by atoms with E-state index in [2.05, 4.69) is 32.9 Å². The van der Waals surface area contributed by atoms with E-state index in [9.17, 15) is 5.11 Å². The molecule has 0 heterocycles. The Hall–Kier alpha value is -0.820. The summed E-state index contributed by atoms with van der Waals surface area (Å²) in [5.74, 6) is 0. The van der Waals surface area contributed by atoms with Crippen LogP contribution in [0.5, 0.6) is 0 Å². The van der Waals surface area contributed by atoms with Crippen LogP contribution in [0.3, 0.4) is 0 Å². The van der Waals surface area contributed by atoms with Crippen LogP contribution < -0.4 is 0 Å². The van der Waals surface area contributed by atoms with E-state index in [1.54, 1.807) is 0 Å². The molecule has 1 atom stereocenters. The van der Waals surface area contributed by atoms with E-state index in [0.717, 1.165) is 18.4 Å². The molecule has 1 aromatic carbocycles. The first-order chi connectivity index (χ1) is 6.47. The summed E-state index contributed by atoms with van der Waals surface area (Å²) in [6, 6.07) is 6.19. The zero-order valence-corrected chi connectivity index (χ0v) is 9.59. The van der Waals surface area contributed by atoms with Crippen molar-refractivity contribution in [3.63, 3.8) is 0 Å². The summed E-state index contributed by atoms with van der Waals surface area (Å²) in [5, 5.41) is 10.2. The maximum absolute atomic E-state index is 10.2. The smallest absolute Gasteiger partial charge is 0.0868 e. The second kappa shape index (κ2) is 4.14. The molecule has 0 aliphatic rings. The average Bonchev–Trinajstić information content (AvgIpc) is 2.09. The van der Waals surface area contributed by atoms with Crippen LogP contribution in [0.15, 0.2) is 18.2 Å². The quantitative estimate of drug-likeness (QED) is 0.779. The second-order valence-electron chi connectivity index (χ2n) is 4.32. The van der Waals surface area contributed by atoms with Crippen molar-refractivity contribution in [2.75, 3.05) is 0 Å². The van der Waals surface area contributed by atoms with Gasteiger partial charge in [-0.2, -0.15) is 0 Å². The van der Waals surface area contributed by atoms with E-state index < -0.39 is 5.60 Å². The fraction of sp³-hybridized carbons (Fsp3) is 0.538. The third-order valence-corrected chi connectivity index (χ3v) is 2.87. The summed E-state index contributed by atoms with van der Waals surface area (Å²) in [6.45, 7) is 8.16. The fourth-order valence-corrected chi connectivity index (χ4v) is 1.71. The number of aliphatic hydroxyl groups is 1. The molecule has 0 fully saturated rings. The van der Waals surface area contributed by atoms with Crippen molar-refractivity contribution in [2.24, 2.45) is 0 Å². The molecule has 1 N–H and O–H groups in total. The highest BCUT2D eigenvalue weighted by molar-refractivity contribution is 5.32. The molecule has 1 heteroatoms. The van der Waals surface area contributed by atoms with Gasteiger partial charge in [-0.3, -0.25) is 0 Å². The Kier molecular flexibility index (Phi) is 3.33. The van der Waals surface area contributed by atoms with Crippen molar-refractivity contribution >= 4 is 0 Å². The number of aryl methyl sites for hydroxylation is 2. The van der Waals surface area contributed by atoms with Crippen molar-refractivity contribution in [2.45, 2.75) is 46.1 Å². The summed E-state index contributed by atoms with van der Waals surface area (Å²) >= 11 is 0. The Labute approximate surface area is 86.8 Å². The lowest BCUT2D eigenvalue weighted by Crippen LogP contribution is -2.20. The molecule has 0 unspecified atom stereocenters. The van der Waals surface area contributed by atoms with Crippen molar-refractivity contribution in [1.29, 1.82) is 0 Å². The van der Waals surface area contributed by atoms with Crippen molar-refractivity contribution in [3.8, 4) is 0 Å². The second-order valence-corrected chi connectivity index (χ2v) is 4.32. The van der Waals surface area contributed by atoms with E-state index in [0.29, 0.717) is 0 Å². The summed E-state index contributed by atoms with van der Waals surface area (Å²) in [5.41, 5.74) is 2.88. The van der Waals surface area contributed by atoms with E-state index in [-0.39, 0.29) is 0 Å². The monoisotopic (exact) mass is 192 g/mol. The van der Waals surface area contributed by atoms with Gasteiger partial charge in [0.25, 0.3) is 0 Å². The zero-order chi connectivity index (χ0) is 10.8. The largest absolute Gasteiger partial charge is 0.385 e. The Morgan fingerprint density at radius 2 is 1.86 bits per heavy atom. The van der Waals surface area contributed by atoms with Crippen LogP contribution >= 0.6 is 0 Å². The van der Waals surface area contributed by atoms with Crippen molar-refractivity contribution < 1.29 is 5.11 Å². The van der Waals surface area contributed by atoms with Crippen LogP contribution in [0.25, 0.3) is 0 Å². The third kappa shape index (κ3) is 2.36. The van der Waals surface area contributed by atoms with Gasteiger partial charge in [0.1, 0.15) is 0 Å². The maximum atomic E-state index is 10.2. The molecule has 0 amide bonds. The van der Waals surface area contributed by atoms with Crippen LogP contribution in [0.1, 0.15) is 43.4 Å². The van der Waals surface area contributed by atoms with Gasteiger partial charge in [-0.1, -0.05) is 31.5 Å². The molecule has 0 aliphatic heterocycles. The van der Waals surface area contributed by atoms with Gasteiger partial charge in [0.15, 0.2) is 0 Å². The molecule has 1 nitrogen and oxygen atoms in total. The number of hydrogen-bond donors (Lipinski definition) is 1. The molecule has 1 aromatic rings. The molecule has 0 bridgehead atoms. The summed E-state index contributed by atoms with van der Waals surface area (Å²) in [6.07, 6.45) is 1.81. The molecule has 0 spiro atoms. The Balaban J connectivity index is 3.01. The van der Waals surface area contributed by atoms with Gasteiger partial charge in [-0.05, 0) is 43.9 Å². The van der Waals surface area contributed by atoms with Crippen LogP contribution in [0, 0.1) is 13.8 Å². The molecule has 0 radical (unpaired) electrons. The summed E-state index contributed by atoms with van der Waals surface area (Å²) < 4.78 is 0.